The quantitative estimate of drug-likeness (QED) is 0.240. The molecule has 4 rings (SSSR count). The average molecular weight is 531 g/mol. The number of amides is 2. The Balaban J connectivity index is 1.40. The third-order valence-electron chi connectivity index (χ3n) is 7.12. The third kappa shape index (κ3) is 6.03. The van der Waals surface area contributed by atoms with Crippen LogP contribution >= 0.6 is 0 Å². The zero-order chi connectivity index (χ0) is 26.6. The summed E-state index contributed by atoms with van der Waals surface area (Å²) < 4.78 is 28.8. The van der Waals surface area contributed by atoms with E-state index in [1.54, 1.807) is 35.2 Å². The van der Waals surface area contributed by atoms with Crippen LogP contribution in [0.2, 0.25) is 0 Å². The van der Waals surface area contributed by atoms with Crippen LogP contribution in [0, 0.1) is 11.3 Å². The van der Waals surface area contributed by atoms with Gasteiger partial charge in [0.1, 0.15) is 6.04 Å². The molecule has 2 aliphatic rings. The second-order valence-electron chi connectivity index (χ2n) is 9.58. The lowest BCUT2D eigenvalue weighted by molar-refractivity contribution is -0.135. The monoisotopic (exact) mass is 530 g/mol. The molecule has 200 valence electrons. The number of hydrogen-bond acceptors (Lipinski definition) is 6. The molecule has 2 fully saturated rings. The number of guanidine groups is 1. The minimum atomic E-state index is -4.10. The summed E-state index contributed by atoms with van der Waals surface area (Å²) in [6.07, 6.45) is 2.83. The SMILES string of the molecule is N=C(N)N1CCC[C@H](C(=O)NC[C@@H]2CCCN2C(=O)[C@H](CO)NS(=O)(=O)c2cccc3ccccc23)C1. The molecule has 2 amide bonds. The lowest BCUT2D eigenvalue weighted by atomic mass is 9.97. The van der Waals surface area contributed by atoms with Crippen LogP contribution in [0.4, 0.5) is 0 Å². The number of likely N-dealkylation sites (tertiary alicyclic amines) is 2. The van der Waals surface area contributed by atoms with Gasteiger partial charge < -0.3 is 26.0 Å². The highest BCUT2D eigenvalue weighted by molar-refractivity contribution is 7.89. The van der Waals surface area contributed by atoms with Gasteiger partial charge in [-0.25, -0.2) is 8.42 Å². The van der Waals surface area contributed by atoms with Crippen LogP contribution in [-0.4, -0.2) is 86.0 Å². The Hall–Kier alpha value is -3.22. The number of carbonyl (C=O) groups excluding carboxylic acids is 2. The van der Waals surface area contributed by atoms with E-state index in [2.05, 4.69) is 10.0 Å². The maximum absolute atomic E-state index is 13.3. The predicted molar refractivity (Wildman–Crippen MR) is 139 cm³/mol. The Morgan fingerprint density at radius 2 is 1.84 bits per heavy atom. The van der Waals surface area contributed by atoms with E-state index in [4.69, 9.17) is 11.1 Å². The second kappa shape index (κ2) is 11.4. The van der Waals surface area contributed by atoms with Crippen molar-refractivity contribution in [2.75, 3.05) is 32.8 Å². The Bertz CT molecular complexity index is 1260. The smallest absolute Gasteiger partial charge is 0.243 e. The summed E-state index contributed by atoms with van der Waals surface area (Å²) in [5.41, 5.74) is 5.57. The fourth-order valence-corrected chi connectivity index (χ4v) is 6.57. The zero-order valence-corrected chi connectivity index (χ0v) is 21.4. The third-order valence-corrected chi connectivity index (χ3v) is 8.65. The maximum Gasteiger partial charge on any atom is 0.243 e. The number of benzene rings is 2. The number of carbonyl (C=O) groups is 2. The van der Waals surface area contributed by atoms with Crippen molar-refractivity contribution in [3.63, 3.8) is 0 Å². The van der Waals surface area contributed by atoms with Crippen LogP contribution in [0.5, 0.6) is 0 Å². The number of aliphatic hydroxyl groups is 1. The molecule has 0 unspecified atom stereocenters. The van der Waals surface area contributed by atoms with Gasteiger partial charge in [0.05, 0.1) is 17.4 Å². The maximum atomic E-state index is 13.3. The van der Waals surface area contributed by atoms with Crippen LogP contribution in [0.15, 0.2) is 47.4 Å². The van der Waals surface area contributed by atoms with Gasteiger partial charge in [-0.15, -0.1) is 0 Å². The highest BCUT2D eigenvalue weighted by atomic mass is 32.2. The Kier molecular flexibility index (Phi) is 8.30. The number of nitrogens with zero attached hydrogens (tertiary/aromatic N) is 2. The van der Waals surface area contributed by atoms with E-state index in [1.165, 1.54) is 11.0 Å². The zero-order valence-electron chi connectivity index (χ0n) is 20.6. The predicted octanol–water partition coefficient (Wildman–Crippen LogP) is 0.192. The van der Waals surface area contributed by atoms with E-state index in [0.717, 1.165) is 11.8 Å². The Labute approximate surface area is 216 Å². The molecule has 0 bridgehead atoms. The molecular weight excluding hydrogens is 496 g/mol. The van der Waals surface area contributed by atoms with Crippen LogP contribution in [0.25, 0.3) is 10.8 Å². The number of hydrogen-bond donors (Lipinski definition) is 5. The molecule has 0 aliphatic carbocycles. The number of fused-ring (bicyclic) bond motifs is 1. The second-order valence-corrected chi connectivity index (χ2v) is 11.3. The minimum Gasteiger partial charge on any atom is -0.394 e. The molecule has 2 aliphatic heterocycles. The molecule has 2 saturated heterocycles. The van der Waals surface area contributed by atoms with Crippen LogP contribution in [-0.2, 0) is 19.6 Å². The molecule has 0 aromatic heterocycles. The van der Waals surface area contributed by atoms with E-state index in [0.29, 0.717) is 44.3 Å². The number of nitrogens with one attached hydrogen (secondary N) is 3. The molecule has 0 radical (unpaired) electrons. The summed E-state index contributed by atoms with van der Waals surface area (Å²) in [6.45, 7) is 0.988. The van der Waals surface area contributed by atoms with Crippen molar-refractivity contribution < 1.29 is 23.1 Å². The molecule has 0 saturated carbocycles. The first-order valence-electron chi connectivity index (χ1n) is 12.5. The van der Waals surface area contributed by atoms with Gasteiger partial charge in [-0.05, 0) is 37.1 Å². The summed E-state index contributed by atoms with van der Waals surface area (Å²) in [5.74, 6) is -1.02. The van der Waals surface area contributed by atoms with Gasteiger partial charge in [0.25, 0.3) is 0 Å². The van der Waals surface area contributed by atoms with Crippen LogP contribution in [0.1, 0.15) is 25.7 Å². The van der Waals surface area contributed by atoms with Gasteiger partial charge in [0.2, 0.25) is 21.8 Å². The first-order valence-corrected chi connectivity index (χ1v) is 14.0. The van der Waals surface area contributed by atoms with Crippen LogP contribution in [0.3, 0.4) is 0 Å². The standard InChI is InChI=1S/C25H34N6O5S/c26-25(27)30-12-4-8-18(15-30)23(33)28-14-19-9-5-13-31(19)24(34)21(16-32)29-37(35,36)22-11-3-7-17-6-1-2-10-20(17)22/h1-3,6-7,10-11,18-19,21,29,32H,4-5,8-9,12-16H2,(H3,26,27)(H,28,33)/t18-,19-,21-/m0/s1. The lowest BCUT2D eigenvalue weighted by Gasteiger charge is -2.33. The highest BCUT2D eigenvalue weighted by Gasteiger charge is 2.36. The lowest BCUT2D eigenvalue weighted by Crippen LogP contribution is -2.54. The summed E-state index contributed by atoms with van der Waals surface area (Å²) in [7, 11) is -4.10. The van der Waals surface area contributed by atoms with Crippen molar-refractivity contribution in [3.8, 4) is 0 Å². The van der Waals surface area contributed by atoms with E-state index >= 15 is 0 Å². The van der Waals surface area contributed by atoms with Gasteiger partial charge >= 0.3 is 0 Å². The topological polar surface area (TPSA) is 169 Å². The highest BCUT2D eigenvalue weighted by Crippen LogP contribution is 2.24. The van der Waals surface area contributed by atoms with E-state index < -0.39 is 28.6 Å². The van der Waals surface area contributed by atoms with Crippen molar-refractivity contribution in [1.82, 2.24) is 19.8 Å². The largest absolute Gasteiger partial charge is 0.394 e. The summed E-state index contributed by atoms with van der Waals surface area (Å²) >= 11 is 0. The van der Waals surface area contributed by atoms with E-state index in [-0.39, 0.29) is 35.3 Å². The van der Waals surface area contributed by atoms with Crippen LogP contribution < -0.4 is 15.8 Å². The molecule has 2 aromatic rings. The number of rotatable bonds is 8. The van der Waals surface area contributed by atoms with Gasteiger partial charge in [-0.1, -0.05) is 36.4 Å². The van der Waals surface area contributed by atoms with Crippen molar-refractivity contribution in [2.45, 2.75) is 42.7 Å². The molecule has 6 N–H and O–H groups in total. The molecule has 37 heavy (non-hydrogen) atoms. The van der Waals surface area contributed by atoms with Gasteiger partial charge in [-0.2, -0.15) is 4.72 Å². The van der Waals surface area contributed by atoms with Crippen molar-refractivity contribution >= 4 is 38.6 Å². The first-order chi connectivity index (χ1) is 17.7. The normalized spacial score (nSPS) is 21.1. The van der Waals surface area contributed by atoms with Crippen molar-refractivity contribution in [3.05, 3.63) is 42.5 Å². The molecule has 0 spiro atoms. The van der Waals surface area contributed by atoms with Crippen molar-refractivity contribution in [2.24, 2.45) is 11.7 Å². The average Bonchev–Trinajstić information content (AvgIpc) is 3.38. The Morgan fingerprint density at radius 1 is 1.11 bits per heavy atom. The van der Waals surface area contributed by atoms with E-state index in [9.17, 15) is 23.1 Å². The molecular formula is C25H34N6O5S. The first kappa shape index (κ1) is 26.8. The molecule has 11 nitrogen and oxygen atoms in total. The molecule has 2 aromatic carbocycles. The summed E-state index contributed by atoms with van der Waals surface area (Å²) in [4.78, 5) is 29.3. The van der Waals surface area contributed by atoms with Crippen molar-refractivity contribution in [1.29, 1.82) is 5.41 Å². The fourth-order valence-electron chi connectivity index (χ4n) is 5.16. The molecule has 2 heterocycles. The number of aliphatic hydroxyl groups excluding tert-OH is 1. The number of nitrogens with two attached hydrogens (primary N) is 1. The Morgan fingerprint density at radius 3 is 2.59 bits per heavy atom. The fraction of sp³-hybridized carbons (Fsp3) is 0.480. The molecule has 3 atom stereocenters. The minimum absolute atomic E-state index is 0.0363. The van der Waals surface area contributed by atoms with Gasteiger partial charge in [0, 0.05) is 37.6 Å². The summed E-state index contributed by atoms with van der Waals surface area (Å²) in [6, 6.07) is 10.3. The van der Waals surface area contributed by atoms with Gasteiger partial charge in [-0.3, -0.25) is 15.0 Å². The number of piperidine rings is 1. The number of sulfonamides is 1. The van der Waals surface area contributed by atoms with E-state index in [1.807, 2.05) is 6.07 Å². The summed E-state index contributed by atoms with van der Waals surface area (Å²) in [5, 5.41) is 21.7. The van der Waals surface area contributed by atoms with Gasteiger partial charge in [0.15, 0.2) is 5.96 Å². The molecule has 12 heteroatoms.